The SMILES string of the molecule is CCC(=O)NC1CCCN(C(=O)C(NC)c2cnn(C)c2)C1.Cl. The van der Waals surface area contributed by atoms with Crippen LogP contribution in [0.25, 0.3) is 0 Å². The topological polar surface area (TPSA) is 79.3 Å². The first-order chi connectivity index (χ1) is 10.5. The van der Waals surface area contributed by atoms with Crippen LogP contribution in [0, 0.1) is 0 Å². The van der Waals surface area contributed by atoms with Gasteiger partial charge >= 0.3 is 0 Å². The van der Waals surface area contributed by atoms with Crippen LogP contribution in [0.5, 0.6) is 0 Å². The molecule has 1 saturated heterocycles. The third-order valence-electron chi connectivity index (χ3n) is 4.01. The molecule has 8 heteroatoms. The van der Waals surface area contributed by atoms with Gasteiger partial charge in [-0.25, -0.2) is 0 Å². The maximum atomic E-state index is 12.8. The van der Waals surface area contributed by atoms with Gasteiger partial charge in [0.05, 0.1) is 6.20 Å². The molecule has 0 bridgehead atoms. The normalized spacial score (nSPS) is 18.9. The molecule has 0 radical (unpaired) electrons. The highest BCUT2D eigenvalue weighted by molar-refractivity contribution is 5.85. The van der Waals surface area contributed by atoms with Crippen molar-refractivity contribution in [2.24, 2.45) is 7.05 Å². The van der Waals surface area contributed by atoms with Crippen LogP contribution in [-0.4, -0.2) is 52.7 Å². The summed E-state index contributed by atoms with van der Waals surface area (Å²) in [5, 5.41) is 10.2. The number of amides is 2. The molecule has 2 N–H and O–H groups in total. The largest absolute Gasteiger partial charge is 0.352 e. The molecule has 130 valence electrons. The summed E-state index contributed by atoms with van der Waals surface area (Å²) in [6, 6.07) is -0.342. The van der Waals surface area contributed by atoms with Crippen molar-refractivity contribution in [2.75, 3.05) is 20.1 Å². The first-order valence-electron chi connectivity index (χ1n) is 7.79. The summed E-state index contributed by atoms with van der Waals surface area (Å²) in [5.74, 6) is 0.0719. The van der Waals surface area contributed by atoms with E-state index in [0.29, 0.717) is 13.0 Å². The number of aryl methyl sites for hydroxylation is 1. The fourth-order valence-electron chi connectivity index (χ4n) is 2.83. The molecule has 0 spiro atoms. The second-order valence-electron chi connectivity index (χ2n) is 5.71. The minimum atomic E-state index is -0.394. The quantitative estimate of drug-likeness (QED) is 0.821. The highest BCUT2D eigenvalue weighted by atomic mass is 35.5. The van der Waals surface area contributed by atoms with E-state index in [0.717, 1.165) is 24.9 Å². The summed E-state index contributed by atoms with van der Waals surface area (Å²) < 4.78 is 1.69. The standard InChI is InChI=1S/C15H25N5O2.ClH/c1-4-13(21)18-12-6-5-7-20(10-12)15(22)14(16-2)11-8-17-19(3)9-11;/h8-9,12,14,16H,4-7,10H2,1-3H3,(H,18,21);1H. The molecule has 1 aromatic heterocycles. The lowest BCUT2D eigenvalue weighted by molar-refractivity contribution is -0.135. The third kappa shape index (κ3) is 4.94. The molecule has 0 saturated carbocycles. The molecule has 0 aromatic carbocycles. The Bertz CT molecular complexity index is 534. The molecule has 2 rings (SSSR count). The van der Waals surface area contributed by atoms with Gasteiger partial charge < -0.3 is 15.5 Å². The van der Waals surface area contributed by atoms with Crippen LogP contribution in [0.15, 0.2) is 12.4 Å². The van der Waals surface area contributed by atoms with Gasteiger partial charge in [0.1, 0.15) is 6.04 Å². The van der Waals surface area contributed by atoms with Crippen LogP contribution < -0.4 is 10.6 Å². The molecule has 23 heavy (non-hydrogen) atoms. The Morgan fingerprint density at radius 2 is 2.22 bits per heavy atom. The highest BCUT2D eigenvalue weighted by Gasteiger charge is 2.30. The summed E-state index contributed by atoms with van der Waals surface area (Å²) in [5.41, 5.74) is 0.856. The lowest BCUT2D eigenvalue weighted by atomic mass is 10.0. The summed E-state index contributed by atoms with van der Waals surface area (Å²) in [6.45, 7) is 3.14. The van der Waals surface area contributed by atoms with E-state index in [1.807, 2.05) is 25.1 Å². The number of likely N-dealkylation sites (tertiary alicyclic amines) is 1. The molecule has 2 unspecified atom stereocenters. The van der Waals surface area contributed by atoms with Gasteiger partial charge in [-0.1, -0.05) is 6.92 Å². The zero-order valence-corrected chi connectivity index (χ0v) is 14.7. The number of carbonyl (C=O) groups is 2. The summed E-state index contributed by atoms with van der Waals surface area (Å²) in [6.07, 6.45) is 5.86. The van der Waals surface area contributed by atoms with Gasteiger partial charge in [-0.05, 0) is 19.9 Å². The van der Waals surface area contributed by atoms with Crippen molar-refractivity contribution in [1.29, 1.82) is 0 Å². The van der Waals surface area contributed by atoms with E-state index >= 15 is 0 Å². The van der Waals surface area contributed by atoms with Crippen molar-refractivity contribution in [3.63, 3.8) is 0 Å². The molecule has 1 aliphatic rings. The van der Waals surface area contributed by atoms with E-state index < -0.39 is 6.04 Å². The molecule has 0 aliphatic carbocycles. The fourth-order valence-corrected chi connectivity index (χ4v) is 2.83. The van der Waals surface area contributed by atoms with Crippen LogP contribution in [0.2, 0.25) is 0 Å². The van der Waals surface area contributed by atoms with Gasteiger partial charge in [0.2, 0.25) is 11.8 Å². The molecular formula is C15H26ClN5O2. The lowest BCUT2D eigenvalue weighted by Gasteiger charge is -2.35. The molecular weight excluding hydrogens is 318 g/mol. The molecule has 1 fully saturated rings. The Hall–Kier alpha value is -1.60. The van der Waals surface area contributed by atoms with Gasteiger partial charge in [-0.15, -0.1) is 12.4 Å². The van der Waals surface area contributed by atoms with Crippen molar-refractivity contribution >= 4 is 24.2 Å². The predicted molar refractivity (Wildman–Crippen MR) is 90.3 cm³/mol. The van der Waals surface area contributed by atoms with E-state index in [4.69, 9.17) is 0 Å². The molecule has 2 atom stereocenters. The second kappa shape index (κ2) is 8.88. The minimum Gasteiger partial charge on any atom is -0.352 e. The Kier molecular flexibility index (Phi) is 7.51. The van der Waals surface area contributed by atoms with Crippen LogP contribution >= 0.6 is 12.4 Å². The van der Waals surface area contributed by atoms with E-state index in [1.54, 1.807) is 17.9 Å². The maximum Gasteiger partial charge on any atom is 0.244 e. The predicted octanol–water partition coefficient (Wildman–Crippen LogP) is 0.620. The van der Waals surface area contributed by atoms with Gasteiger partial charge in [-0.2, -0.15) is 5.10 Å². The van der Waals surface area contributed by atoms with Crippen molar-refractivity contribution in [3.05, 3.63) is 18.0 Å². The zero-order valence-electron chi connectivity index (χ0n) is 13.9. The molecule has 1 aliphatic heterocycles. The number of aromatic nitrogens is 2. The monoisotopic (exact) mass is 343 g/mol. The van der Waals surface area contributed by atoms with E-state index in [2.05, 4.69) is 15.7 Å². The average molecular weight is 344 g/mol. The first kappa shape index (κ1) is 19.4. The first-order valence-corrected chi connectivity index (χ1v) is 7.79. The van der Waals surface area contributed by atoms with Crippen LogP contribution in [-0.2, 0) is 16.6 Å². The number of hydrogen-bond acceptors (Lipinski definition) is 4. The van der Waals surface area contributed by atoms with E-state index in [1.165, 1.54) is 0 Å². The Labute approximate surface area is 143 Å². The van der Waals surface area contributed by atoms with Crippen molar-refractivity contribution in [2.45, 2.75) is 38.3 Å². The molecule has 1 aromatic rings. The molecule has 2 heterocycles. The summed E-state index contributed by atoms with van der Waals surface area (Å²) in [7, 11) is 3.60. The summed E-state index contributed by atoms with van der Waals surface area (Å²) >= 11 is 0. The van der Waals surface area contributed by atoms with E-state index in [-0.39, 0.29) is 30.3 Å². The smallest absolute Gasteiger partial charge is 0.244 e. The van der Waals surface area contributed by atoms with Gasteiger partial charge in [0.25, 0.3) is 0 Å². The number of likely N-dealkylation sites (N-methyl/N-ethyl adjacent to an activating group) is 1. The third-order valence-corrected chi connectivity index (χ3v) is 4.01. The van der Waals surface area contributed by atoms with Crippen molar-refractivity contribution < 1.29 is 9.59 Å². The average Bonchev–Trinajstić information content (AvgIpc) is 2.94. The van der Waals surface area contributed by atoms with Gasteiger partial charge in [-0.3, -0.25) is 14.3 Å². The maximum absolute atomic E-state index is 12.8. The van der Waals surface area contributed by atoms with Crippen LogP contribution in [0.3, 0.4) is 0 Å². The van der Waals surface area contributed by atoms with Crippen LogP contribution in [0.1, 0.15) is 37.8 Å². The van der Waals surface area contributed by atoms with Gasteiger partial charge in [0, 0.05) is 44.4 Å². The van der Waals surface area contributed by atoms with Crippen molar-refractivity contribution in [1.82, 2.24) is 25.3 Å². The number of nitrogens with zero attached hydrogens (tertiary/aromatic N) is 3. The Balaban J connectivity index is 0.00000264. The van der Waals surface area contributed by atoms with Gasteiger partial charge in [0.15, 0.2) is 0 Å². The number of rotatable bonds is 5. The number of hydrogen-bond donors (Lipinski definition) is 2. The Morgan fingerprint density at radius 1 is 1.48 bits per heavy atom. The number of carbonyl (C=O) groups excluding carboxylic acids is 2. The summed E-state index contributed by atoms with van der Waals surface area (Å²) in [4.78, 5) is 26.1. The fraction of sp³-hybridized carbons (Fsp3) is 0.667. The lowest BCUT2D eigenvalue weighted by Crippen LogP contribution is -2.51. The number of halogens is 1. The Morgan fingerprint density at radius 3 is 2.78 bits per heavy atom. The minimum absolute atomic E-state index is 0. The highest BCUT2D eigenvalue weighted by Crippen LogP contribution is 2.18. The molecule has 2 amide bonds. The zero-order chi connectivity index (χ0) is 16.1. The number of piperidine rings is 1. The number of nitrogens with one attached hydrogen (secondary N) is 2. The molecule has 7 nitrogen and oxygen atoms in total. The van der Waals surface area contributed by atoms with E-state index in [9.17, 15) is 9.59 Å². The second-order valence-corrected chi connectivity index (χ2v) is 5.71. The van der Waals surface area contributed by atoms with Crippen molar-refractivity contribution in [3.8, 4) is 0 Å². The van der Waals surface area contributed by atoms with Crippen LogP contribution in [0.4, 0.5) is 0 Å².